The number of carbonyl (C=O) groups excluding carboxylic acids is 2. The van der Waals surface area contributed by atoms with E-state index in [1.807, 2.05) is 6.92 Å². The zero-order chi connectivity index (χ0) is 20.7. The normalized spacial score (nSPS) is 18.3. The molecular weight excluding hydrogens is 403 g/mol. The Bertz CT molecular complexity index is 985. The molecule has 28 heavy (non-hydrogen) atoms. The fourth-order valence-corrected chi connectivity index (χ4v) is 6.30. The summed E-state index contributed by atoms with van der Waals surface area (Å²) in [7, 11) is -3.99. The number of hydrogen-bond donors (Lipinski definition) is 0. The molecule has 1 aliphatic rings. The van der Waals surface area contributed by atoms with Crippen LogP contribution in [-0.2, 0) is 19.6 Å². The molecule has 3 rings (SSSR count). The molecule has 0 spiro atoms. The van der Waals surface area contributed by atoms with Crippen LogP contribution in [0.1, 0.15) is 33.6 Å². The van der Waals surface area contributed by atoms with Gasteiger partial charge < -0.3 is 0 Å². The van der Waals surface area contributed by atoms with E-state index in [0.29, 0.717) is 6.42 Å². The van der Waals surface area contributed by atoms with Crippen LogP contribution in [-0.4, -0.2) is 36.1 Å². The lowest BCUT2D eigenvalue weighted by Crippen LogP contribution is -2.55. The molecule has 0 N–H and O–H groups in total. The molecule has 2 heterocycles. The molecule has 2 amide bonds. The lowest BCUT2D eigenvalue weighted by Gasteiger charge is -2.39. The van der Waals surface area contributed by atoms with Gasteiger partial charge in [0.25, 0.3) is 15.9 Å². The third kappa shape index (κ3) is 3.49. The predicted octanol–water partition coefficient (Wildman–Crippen LogP) is 3.40. The number of sulfonamides is 1. The molecule has 1 aliphatic heterocycles. The predicted molar refractivity (Wildman–Crippen MR) is 105 cm³/mol. The van der Waals surface area contributed by atoms with E-state index in [1.165, 1.54) is 18.2 Å². The third-order valence-corrected chi connectivity index (χ3v) is 8.45. The number of benzene rings is 1. The van der Waals surface area contributed by atoms with Crippen molar-refractivity contribution >= 4 is 38.9 Å². The van der Waals surface area contributed by atoms with E-state index in [2.05, 4.69) is 0 Å². The van der Waals surface area contributed by atoms with Crippen molar-refractivity contribution < 1.29 is 22.4 Å². The van der Waals surface area contributed by atoms with E-state index < -0.39 is 39.2 Å². The van der Waals surface area contributed by atoms with E-state index in [-0.39, 0.29) is 16.3 Å². The number of hydrogen-bond acceptors (Lipinski definition) is 5. The first-order valence-electron chi connectivity index (χ1n) is 8.80. The average molecular weight is 425 g/mol. The highest BCUT2D eigenvalue weighted by Crippen LogP contribution is 2.36. The van der Waals surface area contributed by atoms with Gasteiger partial charge in [-0.05, 0) is 56.0 Å². The number of rotatable bonds is 6. The molecule has 2 aromatic rings. The summed E-state index contributed by atoms with van der Waals surface area (Å²) in [5, 5.41) is 1.65. The van der Waals surface area contributed by atoms with Gasteiger partial charge in [-0.25, -0.2) is 17.7 Å². The smallest absolute Gasteiger partial charge is 0.253 e. The van der Waals surface area contributed by atoms with Gasteiger partial charge in [0.1, 0.15) is 16.1 Å². The summed E-state index contributed by atoms with van der Waals surface area (Å²) in [5.41, 5.74) is -0.663. The lowest BCUT2D eigenvalue weighted by atomic mass is 10.00. The number of thiophene rings is 1. The standard InChI is InChI=1S/C19H21FN2O4S2/c1-4-19(2,3)22(28(25,26)17-6-5-11-27-17)15-12-16(23)21(18(15)24)14-9-7-13(20)8-10-14/h5-11,15H,4,12H2,1-3H3. The summed E-state index contributed by atoms with van der Waals surface area (Å²) in [6.07, 6.45) is 0.191. The summed E-state index contributed by atoms with van der Waals surface area (Å²) >= 11 is 1.06. The van der Waals surface area contributed by atoms with Crippen molar-refractivity contribution in [3.05, 3.63) is 47.6 Å². The van der Waals surface area contributed by atoms with Crippen molar-refractivity contribution in [1.82, 2.24) is 4.31 Å². The van der Waals surface area contributed by atoms with Gasteiger partial charge in [0.05, 0.1) is 12.1 Å². The molecular formula is C19H21FN2O4S2. The second kappa shape index (κ2) is 7.38. The SMILES string of the molecule is CCC(C)(C)N(C1CC(=O)N(c2ccc(F)cc2)C1=O)S(=O)(=O)c1cccs1. The second-order valence-electron chi connectivity index (χ2n) is 7.16. The molecule has 1 fully saturated rings. The zero-order valence-electron chi connectivity index (χ0n) is 15.8. The summed E-state index contributed by atoms with van der Waals surface area (Å²) in [5.74, 6) is -1.63. The van der Waals surface area contributed by atoms with Crippen LogP contribution in [0.25, 0.3) is 0 Å². The number of amides is 2. The lowest BCUT2D eigenvalue weighted by molar-refractivity contribution is -0.122. The van der Waals surface area contributed by atoms with E-state index in [9.17, 15) is 22.4 Å². The Morgan fingerprint density at radius 3 is 2.39 bits per heavy atom. The van der Waals surface area contributed by atoms with Crippen LogP contribution in [0.2, 0.25) is 0 Å². The Labute approximate surface area is 167 Å². The number of anilines is 1. The van der Waals surface area contributed by atoms with Crippen LogP contribution in [0.15, 0.2) is 46.0 Å². The number of halogens is 1. The largest absolute Gasteiger partial charge is 0.274 e. The van der Waals surface area contributed by atoms with E-state index in [1.54, 1.807) is 25.3 Å². The fraction of sp³-hybridized carbons (Fsp3) is 0.368. The van der Waals surface area contributed by atoms with E-state index in [0.717, 1.165) is 32.7 Å². The molecule has 6 nitrogen and oxygen atoms in total. The van der Waals surface area contributed by atoms with Crippen molar-refractivity contribution in [1.29, 1.82) is 0 Å². The molecule has 1 aromatic carbocycles. The van der Waals surface area contributed by atoms with Crippen LogP contribution in [0.3, 0.4) is 0 Å². The Kier molecular flexibility index (Phi) is 5.44. The molecule has 0 saturated carbocycles. The first-order valence-corrected chi connectivity index (χ1v) is 11.1. The third-order valence-electron chi connectivity index (χ3n) is 4.96. The monoisotopic (exact) mass is 424 g/mol. The van der Waals surface area contributed by atoms with Crippen molar-refractivity contribution in [2.45, 2.75) is 49.4 Å². The summed E-state index contributed by atoms with van der Waals surface area (Å²) < 4.78 is 41.2. The van der Waals surface area contributed by atoms with Crippen LogP contribution in [0, 0.1) is 5.82 Å². The quantitative estimate of drug-likeness (QED) is 0.666. The molecule has 1 atom stereocenters. The van der Waals surface area contributed by atoms with Gasteiger partial charge in [0, 0.05) is 5.54 Å². The van der Waals surface area contributed by atoms with Crippen molar-refractivity contribution in [3.8, 4) is 0 Å². The topological polar surface area (TPSA) is 74.8 Å². The van der Waals surface area contributed by atoms with Gasteiger partial charge in [-0.1, -0.05) is 13.0 Å². The second-order valence-corrected chi connectivity index (χ2v) is 10.2. The van der Waals surface area contributed by atoms with Crippen molar-refractivity contribution in [2.75, 3.05) is 4.90 Å². The number of nitrogens with zero attached hydrogens (tertiary/aromatic N) is 2. The molecule has 0 aliphatic carbocycles. The first kappa shape index (κ1) is 20.6. The minimum atomic E-state index is -3.99. The average Bonchev–Trinajstić information content (AvgIpc) is 3.26. The van der Waals surface area contributed by atoms with Crippen LogP contribution < -0.4 is 4.90 Å². The molecule has 1 unspecified atom stereocenters. The highest BCUT2D eigenvalue weighted by atomic mass is 32.2. The zero-order valence-corrected chi connectivity index (χ0v) is 17.4. The Morgan fingerprint density at radius 1 is 1.21 bits per heavy atom. The number of carbonyl (C=O) groups is 2. The van der Waals surface area contributed by atoms with Gasteiger partial charge >= 0.3 is 0 Å². The van der Waals surface area contributed by atoms with Crippen LogP contribution >= 0.6 is 11.3 Å². The Morgan fingerprint density at radius 2 is 1.86 bits per heavy atom. The maximum atomic E-state index is 13.3. The molecule has 1 saturated heterocycles. The van der Waals surface area contributed by atoms with Crippen molar-refractivity contribution in [3.63, 3.8) is 0 Å². The van der Waals surface area contributed by atoms with Gasteiger partial charge in [0.15, 0.2) is 0 Å². The highest BCUT2D eigenvalue weighted by Gasteiger charge is 2.51. The van der Waals surface area contributed by atoms with Crippen LogP contribution in [0.5, 0.6) is 0 Å². The van der Waals surface area contributed by atoms with E-state index >= 15 is 0 Å². The van der Waals surface area contributed by atoms with E-state index in [4.69, 9.17) is 0 Å². The highest BCUT2D eigenvalue weighted by molar-refractivity contribution is 7.91. The van der Waals surface area contributed by atoms with Gasteiger partial charge in [-0.3, -0.25) is 9.59 Å². The molecule has 0 bridgehead atoms. The molecule has 9 heteroatoms. The molecule has 1 aromatic heterocycles. The fourth-order valence-electron chi connectivity index (χ4n) is 3.24. The Hall–Kier alpha value is -2.10. The minimum Gasteiger partial charge on any atom is -0.274 e. The van der Waals surface area contributed by atoms with Crippen LogP contribution in [0.4, 0.5) is 10.1 Å². The summed E-state index contributed by atoms with van der Waals surface area (Å²) in [6, 6.07) is 6.92. The first-order chi connectivity index (χ1) is 13.1. The Balaban J connectivity index is 2.06. The molecule has 150 valence electrons. The molecule has 0 radical (unpaired) electrons. The summed E-state index contributed by atoms with van der Waals surface area (Å²) in [6.45, 7) is 5.29. The van der Waals surface area contributed by atoms with Gasteiger partial charge in [0.2, 0.25) is 5.91 Å². The summed E-state index contributed by atoms with van der Waals surface area (Å²) in [4.78, 5) is 26.7. The number of imide groups is 1. The van der Waals surface area contributed by atoms with Gasteiger partial charge in [-0.2, -0.15) is 4.31 Å². The van der Waals surface area contributed by atoms with Crippen molar-refractivity contribution in [2.24, 2.45) is 0 Å². The minimum absolute atomic E-state index is 0.120. The maximum Gasteiger partial charge on any atom is 0.253 e. The maximum absolute atomic E-state index is 13.3. The van der Waals surface area contributed by atoms with Gasteiger partial charge in [-0.15, -0.1) is 11.3 Å².